The summed E-state index contributed by atoms with van der Waals surface area (Å²) in [6.07, 6.45) is 1.03. The minimum absolute atomic E-state index is 0.0182. The zero-order chi connectivity index (χ0) is 22.9. The van der Waals surface area contributed by atoms with Crippen LogP contribution >= 0.6 is 0 Å². The van der Waals surface area contributed by atoms with Gasteiger partial charge in [-0.25, -0.2) is 0 Å². The Hall–Kier alpha value is -2.57. The lowest BCUT2D eigenvalue weighted by Crippen LogP contribution is -2.42. The van der Waals surface area contributed by atoms with E-state index in [1.807, 2.05) is 11.0 Å². The summed E-state index contributed by atoms with van der Waals surface area (Å²) in [6.45, 7) is 7.66. The van der Waals surface area contributed by atoms with Gasteiger partial charge >= 0.3 is 0 Å². The Labute approximate surface area is 191 Å². The molecule has 1 heterocycles. The largest absolute Gasteiger partial charge is 0.493 e. The Bertz CT molecular complexity index is 856. The molecule has 6 nitrogen and oxygen atoms in total. The third-order valence-corrected chi connectivity index (χ3v) is 6.09. The van der Waals surface area contributed by atoms with Gasteiger partial charge in [-0.1, -0.05) is 30.3 Å². The van der Waals surface area contributed by atoms with Crippen molar-refractivity contribution < 1.29 is 19.0 Å². The van der Waals surface area contributed by atoms with Gasteiger partial charge in [0.15, 0.2) is 11.5 Å². The molecule has 0 bridgehead atoms. The predicted molar refractivity (Wildman–Crippen MR) is 127 cm³/mol. The topological polar surface area (TPSA) is 60.0 Å². The minimum Gasteiger partial charge on any atom is -0.493 e. The lowest BCUT2D eigenvalue weighted by molar-refractivity contribution is 0.0661. The van der Waals surface area contributed by atoms with Crippen LogP contribution in [-0.2, 0) is 11.2 Å². The van der Waals surface area contributed by atoms with Crippen molar-refractivity contribution in [3.8, 4) is 11.5 Å². The number of ether oxygens (including phenoxy) is 3. The highest BCUT2D eigenvalue weighted by molar-refractivity contribution is 5.95. The molecule has 1 fully saturated rings. The number of carbonyl (C=O) groups is 1. The summed E-state index contributed by atoms with van der Waals surface area (Å²) in [6, 6.07) is 16.1. The average molecular weight is 441 g/mol. The molecule has 2 atom stereocenters. The minimum atomic E-state index is 0.0182. The number of amides is 1. The molecule has 0 spiro atoms. The van der Waals surface area contributed by atoms with Gasteiger partial charge in [-0.3, -0.25) is 4.79 Å². The number of methoxy groups -OCH3 is 2. The summed E-state index contributed by atoms with van der Waals surface area (Å²) in [5.41, 5.74) is 1.96. The van der Waals surface area contributed by atoms with Gasteiger partial charge in [0, 0.05) is 25.3 Å². The van der Waals surface area contributed by atoms with E-state index in [4.69, 9.17) is 14.2 Å². The molecule has 174 valence electrons. The van der Waals surface area contributed by atoms with Crippen molar-refractivity contribution in [3.63, 3.8) is 0 Å². The molecule has 0 saturated carbocycles. The van der Waals surface area contributed by atoms with E-state index < -0.39 is 0 Å². The van der Waals surface area contributed by atoms with Crippen molar-refractivity contribution in [2.24, 2.45) is 11.8 Å². The fourth-order valence-corrected chi connectivity index (χ4v) is 4.26. The highest BCUT2D eigenvalue weighted by atomic mass is 16.5. The predicted octanol–water partition coefficient (Wildman–Crippen LogP) is 3.65. The van der Waals surface area contributed by atoms with Crippen LogP contribution in [0, 0.1) is 11.8 Å². The first-order chi connectivity index (χ1) is 15.5. The molecular formula is C26H36N2O4. The van der Waals surface area contributed by atoms with E-state index in [9.17, 15) is 4.79 Å². The monoisotopic (exact) mass is 440 g/mol. The molecule has 6 heteroatoms. The maximum Gasteiger partial charge on any atom is 0.254 e. The molecule has 2 aromatic rings. The van der Waals surface area contributed by atoms with E-state index in [1.165, 1.54) is 5.56 Å². The van der Waals surface area contributed by atoms with E-state index in [0.29, 0.717) is 42.1 Å². The van der Waals surface area contributed by atoms with E-state index in [2.05, 4.69) is 49.5 Å². The Morgan fingerprint density at radius 1 is 1.03 bits per heavy atom. The first-order valence-corrected chi connectivity index (χ1v) is 11.4. The van der Waals surface area contributed by atoms with Gasteiger partial charge in [-0.05, 0) is 69.0 Å². The molecule has 3 rings (SSSR count). The number of benzene rings is 2. The van der Waals surface area contributed by atoms with Gasteiger partial charge in [-0.15, -0.1) is 0 Å². The van der Waals surface area contributed by atoms with Crippen LogP contribution < -0.4 is 14.8 Å². The van der Waals surface area contributed by atoms with Gasteiger partial charge in [0.1, 0.15) is 6.61 Å². The van der Waals surface area contributed by atoms with Crippen LogP contribution in [-0.4, -0.2) is 63.9 Å². The Morgan fingerprint density at radius 3 is 2.47 bits per heavy atom. The zero-order valence-corrected chi connectivity index (χ0v) is 19.7. The molecule has 1 aliphatic rings. The maximum atomic E-state index is 13.5. The van der Waals surface area contributed by atoms with E-state index in [-0.39, 0.29) is 11.9 Å². The summed E-state index contributed by atoms with van der Waals surface area (Å²) in [5.74, 6) is 2.11. The normalized spacial score (nSPS) is 18.0. The van der Waals surface area contributed by atoms with Crippen LogP contribution in [0.4, 0.5) is 0 Å². The second-order valence-corrected chi connectivity index (χ2v) is 8.63. The van der Waals surface area contributed by atoms with Crippen molar-refractivity contribution in [1.82, 2.24) is 10.2 Å². The van der Waals surface area contributed by atoms with Crippen LogP contribution in [0.5, 0.6) is 11.5 Å². The maximum absolute atomic E-state index is 13.5. The Morgan fingerprint density at radius 2 is 1.78 bits per heavy atom. The summed E-state index contributed by atoms with van der Waals surface area (Å²) < 4.78 is 16.2. The number of rotatable bonds is 11. The number of nitrogens with zero attached hydrogens (tertiary/aromatic N) is 1. The van der Waals surface area contributed by atoms with Crippen LogP contribution in [0.3, 0.4) is 0 Å². The summed E-state index contributed by atoms with van der Waals surface area (Å²) >= 11 is 0. The van der Waals surface area contributed by atoms with Crippen LogP contribution in [0.25, 0.3) is 0 Å². The van der Waals surface area contributed by atoms with Gasteiger partial charge in [0.25, 0.3) is 5.91 Å². The molecule has 0 aliphatic carbocycles. The van der Waals surface area contributed by atoms with Crippen molar-refractivity contribution in [2.45, 2.75) is 26.3 Å². The lowest BCUT2D eigenvalue weighted by Gasteiger charge is -2.32. The molecule has 32 heavy (non-hydrogen) atoms. The summed E-state index contributed by atoms with van der Waals surface area (Å²) in [5, 5.41) is 3.53. The van der Waals surface area contributed by atoms with E-state index in [1.54, 1.807) is 26.4 Å². The zero-order valence-electron chi connectivity index (χ0n) is 19.7. The molecule has 1 unspecified atom stereocenters. The molecule has 1 saturated heterocycles. The fraction of sp³-hybridized carbons (Fsp3) is 0.500. The first kappa shape index (κ1) is 24.1. The van der Waals surface area contributed by atoms with Crippen molar-refractivity contribution in [3.05, 3.63) is 59.7 Å². The van der Waals surface area contributed by atoms with Gasteiger partial charge in [-0.2, -0.15) is 0 Å². The quantitative estimate of drug-likeness (QED) is 0.541. The molecule has 0 aromatic heterocycles. The van der Waals surface area contributed by atoms with Gasteiger partial charge in [0.05, 0.1) is 13.7 Å². The molecule has 2 aromatic carbocycles. The molecule has 0 radical (unpaired) electrons. The van der Waals surface area contributed by atoms with Crippen molar-refractivity contribution >= 4 is 5.91 Å². The fourth-order valence-electron chi connectivity index (χ4n) is 4.26. The number of nitrogens with one attached hydrogen (secondary N) is 1. The van der Waals surface area contributed by atoms with Crippen molar-refractivity contribution in [2.75, 3.05) is 47.1 Å². The van der Waals surface area contributed by atoms with Gasteiger partial charge in [0.2, 0.25) is 0 Å². The van der Waals surface area contributed by atoms with E-state index in [0.717, 1.165) is 26.1 Å². The summed E-state index contributed by atoms with van der Waals surface area (Å²) in [7, 11) is 3.23. The first-order valence-electron chi connectivity index (χ1n) is 11.4. The van der Waals surface area contributed by atoms with Crippen LogP contribution in [0.1, 0.15) is 29.8 Å². The molecule has 1 N–H and O–H groups in total. The van der Waals surface area contributed by atoms with Crippen LogP contribution in [0.2, 0.25) is 0 Å². The molecule has 1 aliphatic heterocycles. The second kappa shape index (κ2) is 11.9. The standard InChI is InChI=1S/C26H36N2O4/c1-19(2)28(18-23-17-27-16-22(23)14-20-8-6-5-7-9-20)26(29)21-10-11-24(31-4)25(15-21)32-13-12-30-3/h5-11,15,19,22-23,27H,12-14,16-18H2,1-4H3/t22-,23?/m0/s1. The Balaban J connectivity index is 1.73. The third-order valence-electron chi connectivity index (χ3n) is 6.09. The highest BCUT2D eigenvalue weighted by Crippen LogP contribution is 2.30. The highest BCUT2D eigenvalue weighted by Gasteiger charge is 2.31. The van der Waals surface area contributed by atoms with E-state index >= 15 is 0 Å². The summed E-state index contributed by atoms with van der Waals surface area (Å²) in [4.78, 5) is 15.5. The average Bonchev–Trinajstić information content (AvgIpc) is 3.24. The smallest absolute Gasteiger partial charge is 0.254 e. The number of hydrogen-bond donors (Lipinski definition) is 1. The third kappa shape index (κ3) is 6.24. The SMILES string of the molecule is COCCOc1cc(C(=O)N(CC2CNC[C@@H]2Cc2ccccc2)C(C)C)ccc1OC. The van der Waals surface area contributed by atoms with Crippen molar-refractivity contribution in [1.29, 1.82) is 0 Å². The second-order valence-electron chi connectivity index (χ2n) is 8.63. The molecular weight excluding hydrogens is 404 g/mol. The lowest BCUT2D eigenvalue weighted by atomic mass is 9.89. The van der Waals surface area contributed by atoms with Crippen LogP contribution in [0.15, 0.2) is 48.5 Å². The number of hydrogen-bond acceptors (Lipinski definition) is 5. The van der Waals surface area contributed by atoms with Gasteiger partial charge < -0.3 is 24.4 Å². The Kier molecular flexibility index (Phi) is 8.94. The number of carbonyl (C=O) groups excluding carboxylic acids is 1. The molecule has 1 amide bonds.